The largest absolute Gasteiger partial charge is 0.496 e. The molecule has 0 fully saturated rings. The van der Waals surface area contributed by atoms with Gasteiger partial charge in [-0.3, -0.25) is 0 Å². The Balaban J connectivity index is 2.20. The summed E-state index contributed by atoms with van der Waals surface area (Å²) < 4.78 is 5.54. The van der Waals surface area contributed by atoms with E-state index in [4.69, 9.17) is 10.5 Å². The van der Waals surface area contributed by atoms with Gasteiger partial charge in [0, 0.05) is 5.56 Å². The Labute approximate surface area is 120 Å². The summed E-state index contributed by atoms with van der Waals surface area (Å²) >= 11 is 0. The van der Waals surface area contributed by atoms with E-state index in [-0.39, 0.29) is 0 Å². The lowest BCUT2D eigenvalue weighted by Crippen LogP contribution is -2.38. The highest BCUT2D eigenvalue weighted by atomic mass is 16.5. The van der Waals surface area contributed by atoms with Crippen LogP contribution in [0.15, 0.2) is 48.5 Å². The molecule has 0 aromatic heterocycles. The molecule has 0 bridgehead atoms. The zero-order valence-electron chi connectivity index (χ0n) is 11.9. The van der Waals surface area contributed by atoms with Crippen LogP contribution in [0, 0.1) is 0 Å². The van der Waals surface area contributed by atoms with Gasteiger partial charge in [0.1, 0.15) is 5.75 Å². The summed E-state index contributed by atoms with van der Waals surface area (Å²) in [4.78, 5) is 0. The lowest BCUT2D eigenvalue weighted by molar-refractivity contribution is 0.387. The lowest BCUT2D eigenvalue weighted by atomic mass is 9.79. The van der Waals surface area contributed by atoms with Gasteiger partial charge < -0.3 is 10.5 Å². The van der Waals surface area contributed by atoms with Crippen LogP contribution in [0.25, 0.3) is 0 Å². The van der Waals surface area contributed by atoms with Crippen LogP contribution >= 0.6 is 0 Å². The van der Waals surface area contributed by atoms with Crippen LogP contribution in [0.4, 0.5) is 0 Å². The van der Waals surface area contributed by atoms with Crippen molar-refractivity contribution >= 4 is 0 Å². The number of fused-ring (bicyclic) bond motifs is 1. The molecule has 0 saturated carbocycles. The predicted octanol–water partition coefficient (Wildman–Crippen LogP) is 3.62. The van der Waals surface area contributed by atoms with Crippen molar-refractivity contribution in [3.8, 4) is 5.75 Å². The van der Waals surface area contributed by atoms with E-state index in [2.05, 4.69) is 30.3 Å². The van der Waals surface area contributed by atoms with Crippen molar-refractivity contribution in [3.63, 3.8) is 0 Å². The van der Waals surface area contributed by atoms with Gasteiger partial charge >= 0.3 is 0 Å². The van der Waals surface area contributed by atoms with Gasteiger partial charge in [0.2, 0.25) is 0 Å². The van der Waals surface area contributed by atoms with Gasteiger partial charge in [-0.25, -0.2) is 0 Å². The Hall–Kier alpha value is -1.80. The first-order chi connectivity index (χ1) is 9.75. The van der Waals surface area contributed by atoms with Gasteiger partial charge in [-0.05, 0) is 36.5 Å². The van der Waals surface area contributed by atoms with Crippen molar-refractivity contribution < 1.29 is 4.74 Å². The molecule has 2 aromatic rings. The minimum absolute atomic E-state index is 0.445. The second-order valence-corrected chi connectivity index (χ2v) is 5.54. The zero-order valence-corrected chi connectivity index (χ0v) is 11.9. The first-order valence-corrected chi connectivity index (χ1v) is 7.26. The van der Waals surface area contributed by atoms with E-state index >= 15 is 0 Å². The molecule has 1 unspecified atom stereocenters. The van der Waals surface area contributed by atoms with E-state index < -0.39 is 5.54 Å². The maximum absolute atomic E-state index is 6.89. The van der Waals surface area contributed by atoms with E-state index in [1.54, 1.807) is 7.11 Å². The second-order valence-electron chi connectivity index (χ2n) is 5.54. The van der Waals surface area contributed by atoms with Crippen molar-refractivity contribution in [1.29, 1.82) is 0 Å². The molecule has 2 N–H and O–H groups in total. The van der Waals surface area contributed by atoms with Gasteiger partial charge in [0.25, 0.3) is 0 Å². The van der Waals surface area contributed by atoms with Crippen LogP contribution in [0.2, 0.25) is 0 Å². The van der Waals surface area contributed by atoms with Crippen molar-refractivity contribution in [1.82, 2.24) is 0 Å². The average Bonchev–Trinajstić information content (AvgIpc) is 2.68. The third-order valence-corrected chi connectivity index (χ3v) is 4.35. The Morgan fingerprint density at radius 1 is 0.950 bits per heavy atom. The van der Waals surface area contributed by atoms with Crippen molar-refractivity contribution in [2.24, 2.45) is 5.73 Å². The van der Waals surface area contributed by atoms with E-state index in [0.717, 1.165) is 30.6 Å². The normalized spacial score (nSPS) is 21.9. The molecule has 1 aliphatic carbocycles. The smallest absolute Gasteiger partial charge is 0.124 e. The standard InChI is InChI=1S/C18H21NO/c1-20-17-12-5-4-11-16(17)18(19)13-7-6-9-14-8-2-3-10-15(14)18/h2-5,8,10-12H,6-7,9,13,19H2,1H3. The molecular formula is C18H21NO. The number of nitrogens with two attached hydrogens (primary N) is 1. The summed E-state index contributed by atoms with van der Waals surface area (Å²) in [6.07, 6.45) is 4.42. The predicted molar refractivity (Wildman–Crippen MR) is 82.0 cm³/mol. The van der Waals surface area contributed by atoms with Crippen molar-refractivity contribution in [3.05, 3.63) is 65.2 Å². The topological polar surface area (TPSA) is 35.2 Å². The van der Waals surface area contributed by atoms with Crippen molar-refractivity contribution in [2.45, 2.75) is 31.2 Å². The molecule has 1 aliphatic rings. The van der Waals surface area contributed by atoms with Crippen LogP contribution in [-0.4, -0.2) is 7.11 Å². The number of ether oxygens (including phenoxy) is 1. The molecular weight excluding hydrogens is 246 g/mol. The Morgan fingerprint density at radius 2 is 1.65 bits per heavy atom. The zero-order chi connectivity index (χ0) is 14.0. The number of hydrogen-bond donors (Lipinski definition) is 1. The summed E-state index contributed by atoms with van der Waals surface area (Å²) in [6.45, 7) is 0. The molecule has 0 aliphatic heterocycles. The molecule has 20 heavy (non-hydrogen) atoms. The number of rotatable bonds is 2. The molecule has 104 valence electrons. The summed E-state index contributed by atoms with van der Waals surface area (Å²) in [6, 6.07) is 16.7. The lowest BCUT2D eigenvalue weighted by Gasteiger charge is -2.32. The molecule has 0 heterocycles. The molecule has 2 heteroatoms. The Kier molecular flexibility index (Phi) is 3.49. The van der Waals surface area contributed by atoms with Gasteiger partial charge in [0.15, 0.2) is 0 Å². The van der Waals surface area contributed by atoms with Gasteiger partial charge in [-0.15, -0.1) is 0 Å². The quantitative estimate of drug-likeness (QED) is 0.843. The number of para-hydroxylation sites is 1. The van der Waals surface area contributed by atoms with Gasteiger partial charge in [0.05, 0.1) is 12.6 Å². The Bertz CT molecular complexity index is 608. The highest BCUT2D eigenvalue weighted by Gasteiger charge is 2.34. The number of aryl methyl sites for hydroxylation is 1. The summed E-state index contributed by atoms with van der Waals surface area (Å²) in [5.41, 5.74) is 10.2. The third-order valence-electron chi connectivity index (χ3n) is 4.35. The summed E-state index contributed by atoms with van der Waals surface area (Å²) in [5, 5.41) is 0. The minimum atomic E-state index is -0.445. The molecule has 1 atom stereocenters. The van der Waals surface area contributed by atoms with Gasteiger partial charge in [-0.2, -0.15) is 0 Å². The van der Waals surface area contributed by atoms with Crippen LogP contribution < -0.4 is 10.5 Å². The highest BCUT2D eigenvalue weighted by molar-refractivity contribution is 5.49. The van der Waals surface area contributed by atoms with E-state index in [0.29, 0.717) is 0 Å². The molecule has 0 amide bonds. The summed E-state index contributed by atoms with van der Waals surface area (Å²) in [5.74, 6) is 0.881. The first kappa shape index (κ1) is 13.2. The molecule has 0 spiro atoms. The van der Waals surface area contributed by atoms with Crippen LogP contribution in [0.1, 0.15) is 36.0 Å². The SMILES string of the molecule is COc1ccccc1C1(N)CCCCc2ccccc21. The van der Waals surface area contributed by atoms with Crippen LogP contribution in [-0.2, 0) is 12.0 Å². The fourth-order valence-electron chi connectivity index (χ4n) is 3.32. The maximum atomic E-state index is 6.89. The number of hydrogen-bond acceptors (Lipinski definition) is 2. The highest BCUT2D eigenvalue weighted by Crippen LogP contribution is 2.40. The molecule has 2 aromatic carbocycles. The van der Waals surface area contributed by atoms with E-state index in [1.807, 2.05) is 18.2 Å². The minimum Gasteiger partial charge on any atom is -0.496 e. The van der Waals surface area contributed by atoms with Crippen molar-refractivity contribution in [2.75, 3.05) is 7.11 Å². The molecule has 0 saturated heterocycles. The van der Waals surface area contributed by atoms with Crippen LogP contribution in [0.3, 0.4) is 0 Å². The Morgan fingerprint density at radius 3 is 2.45 bits per heavy atom. The first-order valence-electron chi connectivity index (χ1n) is 7.26. The fraction of sp³-hybridized carbons (Fsp3) is 0.333. The number of methoxy groups -OCH3 is 1. The summed E-state index contributed by atoms with van der Waals surface area (Å²) in [7, 11) is 1.71. The molecule has 3 rings (SSSR count). The van der Waals surface area contributed by atoms with Gasteiger partial charge in [-0.1, -0.05) is 48.9 Å². The average molecular weight is 267 g/mol. The van der Waals surface area contributed by atoms with E-state index in [1.165, 1.54) is 17.5 Å². The second kappa shape index (κ2) is 5.29. The molecule has 2 nitrogen and oxygen atoms in total. The molecule has 0 radical (unpaired) electrons. The number of benzene rings is 2. The monoisotopic (exact) mass is 267 g/mol. The fourth-order valence-corrected chi connectivity index (χ4v) is 3.32. The maximum Gasteiger partial charge on any atom is 0.124 e. The van der Waals surface area contributed by atoms with Crippen LogP contribution in [0.5, 0.6) is 5.75 Å². The third kappa shape index (κ3) is 2.10. The van der Waals surface area contributed by atoms with E-state index in [9.17, 15) is 0 Å².